The fourth-order valence-corrected chi connectivity index (χ4v) is 3.03. The van der Waals surface area contributed by atoms with Crippen LogP contribution in [0.5, 0.6) is 0 Å². The zero-order chi connectivity index (χ0) is 15.4. The van der Waals surface area contributed by atoms with Gasteiger partial charge in [0.05, 0.1) is 10.6 Å². The Balaban J connectivity index is 2.22. The van der Waals surface area contributed by atoms with E-state index in [0.717, 1.165) is 5.56 Å². The van der Waals surface area contributed by atoms with Crippen molar-refractivity contribution < 1.29 is 4.79 Å². The van der Waals surface area contributed by atoms with Crippen LogP contribution < -0.4 is 11.1 Å². The monoisotopic (exact) mass is 319 g/mol. The average molecular weight is 320 g/mol. The molecular weight excluding hydrogens is 306 g/mol. The molecule has 0 aliphatic rings. The lowest BCUT2D eigenvalue weighted by molar-refractivity contribution is 0.0993. The predicted octanol–water partition coefficient (Wildman–Crippen LogP) is 4.06. The van der Waals surface area contributed by atoms with E-state index in [-0.39, 0.29) is 11.5 Å². The van der Waals surface area contributed by atoms with Crippen molar-refractivity contribution in [2.24, 2.45) is 0 Å². The maximum Gasteiger partial charge on any atom is 0.174 e. The molecule has 6 heteroatoms. The Labute approximate surface area is 132 Å². The van der Waals surface area contributed by atoms with Gasteiger partial charge in [0.2, 0.25) is 0 Å². The molecule has 0 fully saturated rings. The number of nitrogen functional groups attached to an aromatic ring is 1. The van der Waals surface area contributed by atoms with Gasteiger partial charge in [-0.05, 0) is 17.7 Å². The van der Waals surface area contributed by atoms with Crippen molar-refractivity contribution in [3.05, 3.63) is 45.3 Å². The van der Waals surface area contributed by atoms with E-state index < -0.39 is 0 Å². The van der Waals surface area contributed by atoms with Gasteiger partial charge < -0.3 is 11.1 Å². The molecule has 2 rings (SSSR count). The SMILES string of the molecule is CCC(=O)c1sc(NCc2ccc(Cl)cc2)c(C#N)c1N. The molecule has 0 spiro atoms. The molecule has 1 aromatic heterocycles. The number of thiophene rings is 1. The summed E-state index contributed by atoms with van der Waals surface area (Å²) in [6, 6.07) is 9.47. The van der Waals surface area contributed by atoms with Gasteiger partial charge in [0.1, 0.15) is 16.6 Å². The maximum atomic E-state index is 11.8. The molecule has 21 heavy (non-hydrogen) atoms. The average Bonchev–Trinajstić information content (AvgIpc) is 2.82. The first-order valence-electron chi connectivity index (χ1n) is 6.40. The Bertz CT molecular complexity index is 701. The third kappa shape index (κ3) is 3.35. The number of nitrogens with one attached hydrogen (secondary N) is 1. The molecule has 1 aromatic carbocycles. The van der Waals surface area contributed by atoms with E-state index in [1.807, 2.05) is 12.1 Å². The van der Waals surface area contributed by atoms with Crippen LogP contribution in [0.15, 0.2) is 24.3 Å². The zero-order valence-corrected chi connectivity index (χ0v) is 13.0. The minimum atomic E-state index is -0.0476. The van der Waals surface area contributed by atoms with Crippen LogP contribution in [0.25, 0.3) is 0 Å². The van der Waals surface area contributed by atoms with Gasteiger partial charge in [-0.25, -0.2) is 0 Å². The Kier molecular flexibility index (Phi) is 4.84. The molecule has 0 aliphatic heterocycles. The molecule has 0 aliphatic carbocycles. The minimum absolute atomic E-state index is 0.0476. The lowest BCUT2D eigenvalue weighted by Crippen LogP contribution is -2.00. The van der Waals surface area contributed by atoms with E-state index >= 15 is 0 Å². The van der Waals surface area contributed by atoms with E-state index in [0.29, 0.717) is 33.4 Å². The first-order valence-corrected chi connectivity index (χ1v) is 7.60. The summed E-state index contributed by atoms with van der Waals surface area (Å²) in [5.41, 5.74) is 7.53. The van der Waals surface area contributed by atoms with Crippen molar-refractivity contribution in [3.8, 4) is 6.07 Å². The molecule has 2 aromatic rings. The molecule has 0 saturated heterocycles. The lowest BCUT2D eigenvalue weighted by Gasteiger charge is -2.04. The lowest BCUT2D eigenvalue weighted by atomic mass is 10.2. The van der Waals surface area contributed by atoms with Crippen LogP contribution in [0, 0.1) is 11.3 Å². The number of anilines is 2. The second kappa shape index (κ2) is 6.61. The first-order chi connectivity index (χ1) is 10.1. The van der Waals surface area contributed by atoms with Crippen LogP contribution in [0.2, 0.25) is 5.02 Å². The Morgan fingerprint density at radius 1 is 1.43 bits per heavy atom. The fraction of sp³-hybridized carbons (Fsp3) is 0.200. The van der Waals surface area contributed by atoms with Crippen LogP contribution in [0.3, 0.4) is 0 Å². The van der Waals surface area contributed by atoms with Crippen molar-refractivity contribution in [1.82, 2.24) is 0 Å². The van der Waals surface area contributed by atoms with Crippen molar-refractivity contribution in [2.75, 3.05) is 11.1 Å². The fourth-order valence-electron chi connectivity index (χ4n) is 1.83. The summed E-state index contributed by atoms with van der Waals surface area (Å²) < 4.78 is 0. The van der Waals surface area contributed by atoms with Gasteiger partial charge in [-0.1, -0.05) is 30.7 Å². The number of nitriles is 1. The largest absolute Gasteiger partial charge is 0.396 e. The molecule has 0 radical (unpaired) electrons. The summed E-state index contributed by atoms with van der Waals surface area (Å²) in [5.74, 6) is -0.0476. The van der Waals surface area contributed by atoms with Gasteiger partial charge in [0.25, 0.3) is 0 Å². The van der Waals surface area contributed by atoms with Crippen molar-refractivity contribution in [1.29, 1.82) is 5.26 Å². The number of Topliss-reactive ketones (excluding diaryl/α,β-unsaturated/α-hetero) is 1. The van der Waals surface area contributed by atoms with Crippen LogP contribution in [-0.2, 0) is 6.54 Å². The van der Waals surface area contributed by atoms with E-state index in [1.165, 1.54) is 11.3 Å². The number of carbonyl (C=O) groups excluding carboxylic acids is 1. The molecule has 0 saturated carbocycles. The summed E-state index contributed by atoms with van der Waals surface area (Å²) in [4.78, 5) is 12.3. The minimum Gasteiger partial charge on any atom is -0.396 e. The molecule has 0 bridgehead atoms. The van der Waals surface area contributed by atoms with E-state index in [4.69, 9.17) is 17.3 Å². The van der Waals surface area contributed by atoms with Crippen LogP contribution in [0.4, 0.5) is 10.7 Å². The number of nitrogens with zero attached hydrogens (tertiary/aromatic N) is 1. The van der Waals surface area contributed by atoms with Gasteiger partial charge in [-0.15, -0.1) is 11.3 Å². The Morgan fingerprint density at radius 3 is 2.67 bits per heavy atom. The standard InChI is InChI=1S/C15H14ClN3OS/c1-2-12(20)14-13(18)11(7-17)15(21-14)19-8-9-3-5-10(16)6-4-9/h3-6,19H,2,8,18H2,1H3. The molecule has 0 unspecified atom stereocenters. The van der Waals surface area contributed by atoms with Gasteiger partial charge in [0, 0.05) is 18.0 Å². The van der Waals surface area contributed by atoms with E-state index in [1.54, 1.807) is 19.1 Å². The maximum absolute atomic E-state index is 11.8. The number of hydrogen-bond donors (Lipinski definition) is 2. The second-order valence-corrected chi connectivity index (χ2v) is 5.87. The number of ketones is 1. The molecule has 1 heterocycles. The van der Waals surface area contributed by atoms with Crippen LogP contribution in [-0.4, -0.2) is 5.78 Å². The summed E-state index contributed by atoms with van der Waals surface area (Å²) in [6.45, 7) is 2.31. The number of nitrogens with two attached hydrogens (primary N) is 1. The summed E-state index contributed by atoms with van der Waals surface area (Å²) in [6.07, 6.45) is 0.367. The molecule has 0 amide bonds. The number of rotatable bonds is 5. The number of hydrogen-bond acceptors (Lipinski definition) is 5. The second-order valence-electron chi connectivity index (χ2n) is 4.42. The molecular formula is C15H14ClN3OS. The Morgan fingerprint density at radius 2 is 2.10 bits per heavy atom. The van der Waals surface area contributed by atoms with Crippen LogP contribution >= 0.6 is 22.9 Å². The summed E-state index contributed by atoms with van der Waals surface area (Å²) in [5, 5.41) is 13.7. The summed E-state index contributed by atoms with van der Waals surface area (Å²) in [7, 11) is 0. The van der Waals surface area contributed by atoms with Crippen molar-refractivity contribution >= 4 is 39.4 Å². The van der Waals surface area contributed by atoms with E-state index in [2.05, 4.69) is 11.4 Å². The Hall–Kier alpha value is -2.03. The van der Waals surface area contributed by atoms with Gasteiger partial charge in [0.15, 0.2) is 5.78 Å². The highest BCUT2D eigenvalue weighted by atomic mass is 35.5. The number of carbonyl (C=O) groups is 1. The zero-order valence-electron chi connectivity index (χ0n) is 11.4. The van der Waals surface area contributed by atoms with Crippen LogP contribution in [0.1, 0.15) is 34.1 Å². The molecule has 0 atom stereocenters. The normalized spacial score (nSPS) is 10.1. The highest BCUT2D eigenvalue weighted by Gasteiger charge is 2.19. The number of benzene rings is 1. The topological polar surface area (TPSA) is 78.9 Å². The van der Waals surface area contributed by atoms with Gasteiger partial charge in [-0.2, -0.15) is 5.26 Å². The van der Waals surface area contributed by atoms with Gasteiger partial charge >= 0.3 is 0 Å². The highest BCUT2D eigenvalue weighted by molar-refractivity contribution is 7.19. The predicted molar refractivity (Wildman–Crippen MR) is 86.8 cm³/mol. The van der Waals surface area contributed by atoms with Crippen molar-refractivity contribution in [3.63, 3.8) is 0 Å². The summed E-state index contributed by atoms with van der Waals surface area (Å²) >= 11 is 7.07. The first kappa shape index (κ1) is 15.4. The van der Waals surface area contributed by atoms with Gasteiger partial charge in [-0.3, -0.25) is 4.79 Å². The molecule has 108 valence electrons. The van der Waals surface area contributed by atoms with E-state index in [9.17, 15) is 10.1 Å². The smallest absolute Gasteiger partial charge is 0.174 e. The van der Waals surface area contributed by atoms with Crippen molar-refractivity contribution in [2.45, 2.75) is 19.9 Å². The number of halogens is 1. The highest BCUT2D eigenvalue weighted by Crippen LogP contribution is 2.36. The molecule has 3 N–H and O–H groups in total. The third-order valence-corrected chi connectivity index (χ3v) is 4.45. The molecule has 4 nitrogen and oxygen atoms in total. The third-order valence-electron chi connectivity index (χ3n) is 3.00. The quantitative estimate of drug-likeness (QED) is 0.814.